The molecule has 5 rings (SSSR count). The molecule has 31 heavy (non-hydrogen) atoms. The Hall–Kier alpha value is -3.62. The van der Waals surface area contributed by atoms with Gasteiger partial charge in [-0.1, -0.05) is 0 Å². The molecule has 2 saturated carbocycles. The molecule has 0 aromatic carbocycles. The zero-order chi connectivity index (χ0) is 21.8. The van der Waals surface area contributed by atoms with Gasteiger partial charge in [-0.05, 0) is 18.3 Å². The van der Waals surface area contributed by atoms with E-state index in [0.29, 0.717) is 29.1 Å². The maximum atomic E-state index is 12.4. The van der Waals surface area contributed by atoms with Crippen molar-refractivity contribution in [3.8, 4) is 11.8 Å². The van der Waals surface area contributed by atoms with Crippen molar-refractivity contribution in [2.45, 2.75) is 24.7 Å². The summed E-state index contributed by atoms with van der Waals surface area (Å²) in [6.45, 7) is 0. The van der Waals surface area contributed by atoms with Gasteiger partial charge in [0.1, 0.15) is 11.8 Å². The van der Waals surface area contributed by atoms with Crippen molar-refractivity contribution < 1.29 is 15.0 Å². The quantitative estimate of drug-likeness (QED) is 0.395. The first kappa shape index (κ1) is 19.3. The number of fused-ring (bicyclic) bond motifs is 2. The Balaban J connectivity index is 1.58. The van der Waals surface area contributed by atoms with E-state index in [0.717, 1.165) is 0 Å². The summed E-state index contributed by atoms with van der Waals surface area (Å²) < 4.78 is 1.71. The standard InChI is InChI=1S/C20H20N8O3/c1-21-17-13-18(27-12(26-17)4-3-10-8-23-5-6-24-10)28(9-25-13)14-11-7-20(11,19(31)22-2)16(30)15(14)29/h5-6,8-9,11,14-16,29-30H,7H2,1-2H3,(H,22,31)(H,21,26,27)/t11?,14-,15+,16+,20?/m1/s1. The number of aliphatic hydroxyl groups is 2. The number of amides is 1. The first-order valence-electron chi connectivity index (χ1n) is 9.80. The highest BCUT2D eigenvalue weighted by Crippen LogP contribution is 2.67. The van der Waals surface area contributed by atoms with Crippen LogP contribution in [0, 0.1) is 23.2 Å². The van der Waals surface area contributed by atoms with Crippen molar-refractivity contribution in [1.82, 2.24) is 34.8 Å². The maximum absolute atomic E-state index is 12.4. The summed E-state index contributed by atoms with van der Waals surface area (Å²) in [6.07, 6.45) is 4.39. The molecule has 1 amide bonds. The van der Waals surface area contributed by atoms with E-state index in [-0.39, 0.29) is 17.6 Å². The van der Waals surface area contributed by atoms with Gasteiger partial charge in [0.25, 0.3) is 0 Å². The average molecular weight is 420 g/mol. The van der Waals surface area contributed by atoms with Crippen molar-refractivity contribution in [2.75, 3.05) is 19.4 Å². The van der Waals surface area contributed by atoms with Crippen LogP contribution < -0.4 is 10.6 Å². The summed E-state index contributed by atoms with van der Waals surface area (Å²) in [5.41, 5.74) is 0.461. The van der Waals surface area contributed by atoms with Crippen LogP contribution >= 0.6 is 0 Å². The van der Waals surface area contributed by atoms with Crippen LogP contribution in [-0.4, -0.2) is 71.9 Å². The van der Waals surface area contributed by atoms with E-state index in [2.05, 4.69) is 47.4 Å². The van der Waals surface area contributed by atoms with E-state index in [1.807, 2.05) is 0 Å². The summed E-state index contributed by atoms with van der Waals surface area (Å²) in [5, 5.41) is 27.0. The lowest BCUT2D eigenvalue weighted by molar-refractivity contribution is -0.132. The van der Waals surface area contributed by atoms with Crippen LogP contribution in [0.3, 0.4) is 0 Å². The monoisotopic (exact) mass is 420 g/mol. The molecule has 3 aromatic rings. The molecule has 3 heterocycles. The van der Waals surface area contributed by atoms with Gasteiger partial charge in [-0.15, -0.1) is 0 Å². The average Bonchev–Trinajstić information content (AvgIpc) is 3.34. The number of hydrogen-bond acceptors (Lipinski definition) is 9. The predicted octanol–water partition coefficient (Wildman–Crippen LogP) is -0.913. The van der Waals surface area contributed by atoms with Crippen molar-refractivity contribution >= 4 is 22.9 Å². The second-order valence-corrected chi connectivity index (χ2v) is 7.67. The third-order valence-electron chi connectivity index (χ3n) is 6.17. The summed E-state index contributed by atoms with van der Waals surface area (Å²) in [4.78, 5) is 33.8. The third kappa shape index (κ3) is 2.76. The fourth-order valence-electron chi connectivity index (χ4n) is 4.64. The lowest BCUT2D eigenvalue weighted by atomic mass is 9.98. The molecule has 5 atom stereocenters. The minimum Gasteiger partial charge on any atom is -0.389 e. The Morgan fingerprint density at radius 2 is 2.06 bits per heavy atom. The molecule has 0 bridgehead atoms. The number of rotatable bonds is 3. The van der Waals surface area contributed by atoms with Gasteiger partial charge >= 0.3 is 0 Å². The molecule has 0 spiro atoms. The Kier molecular flexibility index (Phi) is 4.35. The van der Waals surface area contributed by atoms with E-state index < -0.39 is 23.7 Å². The van der Waals surface area contributed by atoms with Gasteiger partial charge in [0.05, 0.1) is 30.1 Å². The fraction of sp³-hybridized carbons (Fsp3) is 0.400. The van der Waals surface area contributed by atoms with Crippen LogP contribution in [0.5, 0.6) is 0 Å². The lowest BCUT2D eigenvalue weighted by Crippen LogP contribution is -2.41. The van der Waals surface area contributed by atoms with Gasteiger partial charge in [0.2, 0.25) is 11.7 Å². The molecule has 4 N–H and O–H groups in total. The van der Waals surface area contributed by atoms with E-state index in [4.69, 9.17) is 0 Å². The van der Waals surface area contributed by atoms with Gasteiger partial charge < -0.3 is 25.4 Å². The van der Waals surface area contributed by atoms with Crippen LogP contribution in [0.4, 0.5) is 5.82 Å². The molecule has 0 radical (unpaired) electrons. The lowest BCUT2D eigenvalue weighted by Gasteiger charge is -2.23. The Bertz CT molecular complexity index is 1230. The third-order valence-corrected chi connectivity index (χ3v) is 6.17. The first-order chi connectivity index (χ1) is 15.0. The molecule has 2 aliphatic carbocycles. The predicted molar refractivity (Wildman–Crippen MR) is 109 cm³/mol. The summed E-state index contributed by atoms with van der Waals surface area (Å²) in [7, 11) is 3.24. The smallest absolute Gasteiger partial charge is 0.229 e. The van der Waals surface area contributed by atoms with Crippen LogP contribution in [0.2, 0.25) is 0 Å². The zero-order valence-corrected chi connectivity index (χ0v) is 16.8. The Morgan fingerprint density at radius 1 is 1.23 bits per heavy atom. The van der Waals surface area contributed by atoms with Crippen LogP contribution in [-0.2, 0) is 4.79 Å². The molecule has 0 aliphatic heterocycles. The second-order valence-electron chi connectivity index (χ2n) is 7.67. The molecule has 11 heteroatoms. The van der Waals surface area contributed by atoms with Gasteiger partial charge in [-0.25, -0.2) is 19.9 Å². The van der Waals surface area contributed by atoms with Crippen molar-refractivity contribution in [3.05, 3.63) is 36.4 Å². The normalized spacial score (nSPS) is 28.5. The minimum absolute atomic E-state index is 0.225. The SMILES string of the molecule is CNC(=O)C12CC1[C@@H](n1cnc3c(NC)nc(C#Cc4cnccn4)nc31)[C@H](O)[C@@H]2O. The maximum Gasteiger partial charge on any atom is 0.229 e. The summed E-state index contributed by atoms with van der Waals surface area (Å²) >= 11 is 0. The van der Waals surface area contributed by atoms with Gasteiger partial charge in [0, 0.05) is 32.4 Å². The molecule has 3 aromatic heterocycles. The summed E-state index contributed by atoms with van der Waals surface area (Å²) in [6, 6.07) is -0.544. The fourth-order valence-corrected chi connectivity index (χ4v) is 4.64. The number of hydrogen-bond donors (Lipinski definition) is 4. The molecule has 11 nitrogen and oxygen atoms in total. The van der Waals surface area contributed by atoms with E-state index in [1.54, 1.807) is 30.3 Å². The van der Waals surface area contributed by atoms with Crippen LogP contribution in [0.25, 0.3) is 11.2 Å². The number of aromatic nitrogens is 6. The van der Waals surface area contributed by atoms with Crippen molar-refractivity contribution in [3.63, 3.8) is 0 Å². The number of nitrogens with zero attached hydrogens (tertiary/aromatic N) is 6. The topological polar surface area (TPSA) is 151 Å². The number of carbonyl (C=O) groups excluding carboxylic acids is 1. The zero-order valence-electron chi connectivity index (χ0n) is 16.8. The Labute approximate surface area is 177 Å². The molecular weight excluding hydrogens is 400 g/mol. The number of aliphatic hydroxyl groups excluding tert-OH is 2. The van der Waals surface area contributed by atoms with Gasteiger partial charge in [-0.2, -0.15) is 0 Å². The highest BCUT2D eigenvalue weighted by Gasteiger charge is 2.75. The minimum atomic E-state index is -1.17. The summed E-state index contributed by atoms with van der Waals surface area (Å²) in [5.74, 6) is 5.98. The molecule has 2 fully saturated rings. The molecule has 158 valence electrons. The molecular formula is C20H20N8O3. The van der Waals surface area contributed by atoms with Gasteiger partial charge in [-0.3, -0.25) is 9.78 Å². The van der Waals surface area contributed by atoms with Gasteiger partial charge in [0.15, 0.2) is 17.0 Å². The Morgan fingerprint density at radius 3 is 2.77 bits per heavy atom. The first-order valence-corrected chi connectivity index (χ1v) is 9.80. The van der Waals surface area contributed by atoms with E-state index >= 15 is 0 Å². The number of carbonyl (C=O) groups is 1. The van der Waals surface area contributed by atoms with Crippen molar-refractivity contribution in [2.24, 2.45) is 11.3 Å². The number of imidazole rings is 1. The van der Waals surface area contributed by atoms with E-state index in [9.17, 15) is 15.0 Å². The van der Waals surface area contributed by atoms with Crippen molar-refractivity contribution in [1.29, 1.82) is 0 Å². The molecule has 2 unspecified atom stereocenters. The van der Waals surface area contributed by atoms with Crippen LogP contribution in [0.15, 0.2) is 24.9 Å². The number of anilines is 1. The molecule has 2 aliphatic rings. The molecule has 0 saturated heterocycles. The second kappa shape index (κ2) is 6.97. The largest absolute Gasteiger partial charge is 0.389 e. The van der Waals surface area contributed by atoms with Crippen LogP contribution in [0.1, 0.15) is 24.0 Å². The number of nitrogens with one attached hydrogen (secondary N) is 2. The highest BCUT2D eigenvalue weighted by atomic mass is 16.3. The highest BCUT2D eigenvalue weighted by molar-refractivity contribution is 5.88. The van der Waals surface area contributed by atoms with E-state index in [1.165, 1.54) is 13.2 Å².